The van der Waals surface area contributed by atoms with Crippen LogP contribution in [0.25, 0.3) is 0 Å². The molecule has 0 saturated carbocycles. The summed E-state index contributed by atoms with van der Waals surface area (Å²) >= 11 is 0. The van der Waals surface area contributed by atoms with Gasteiger partial charge in [0.2, 0.25) is 23.6 Å². The molecule has 21 heteroatoms. The first-order valence-electron chi connectivity index (χ1n) is 26.6. The molecule has 420 valence electrons. The number of nitrogens with one attached hydrogen (secondary N) is 5. The van der Waals surface area contributed by atoms with Crippen molar-refractivity contribution in [2.24, 2.45) is 11.8 Å². The van der Waals surface area contributed by atoms with Gasteiger partial charge in [-0.3, -0.25) is 37.9 Å². The highest BCUT2D eigenvalue weighted by Gasteiger charge is 2.40. The largest absolute Gasteiger partial charge is 0.380 e. The van der Waals surface area contributed by atoms with Crippen molar-refractivity contribution in [3.8, 4) is 0 Å². The van der Waals surface area contributed by atoms with Crippen LogP contribution in [0.4, 0.5) is 0 Å². The molecule has 1 saturated heterocycles. The van der Waals surface area contributed by atoms with Gasteiger partial charge in [0, 0.05) is 25.1 Å². The van der Waals surface area contributed by atoms with Gasteiger partial charge in [0.05, 0.1) is 49.5 Å². The zero-order chi connectivity index (χ0) is 56.3. The summed E-state index contributed by atoms with van der Waals surface area (Å²) in [5.41, 5.74) is -0.0990. The monoisotopic (exact) mass is 1090 g/mol. The van der Waals surface area contributed by atoms with E-state index in [1.165, 1.54) is 19.1 Å². The number of rotatable bonds is 30. The van der Waals surface area contributed by atoms with Crippen LogP contribution in [0.15, 0.2) is 90.0 Å². The van der Waals surface area contributed by atoms with Crippen molar-refractivity contribution in [1.82, 2.24) is 46.5 Å². The maximum Gasteiger partial charge on any atom is 0.297 e. The molecule has 2 unspecified atom stereocenters. The van der Waals surface area contributed by atoms with Gasteiger partial charge in [-0.1, -0.05) is 113 Å². The Kier molecular flexibility index (Phi) is 23.5. The standard InChI is InChI=1S/C56H79N9O11S/c1-9-16-40(7)65-34-44(62-63-65)33-57-52(68)43-23-21-39(6)49(32-43)77(73,74)76-36-56(8,72)51(67)46(29-37(2)3)59-55(71)48(31-42-19-14-11-15-20-42)61-54(70)47(30-38(4)5)60-53(69)45(24-22-41-17-12-10-13-18-41)58-50(66)35-64-25-27-75-28-26-64/h10-15,17-21,23,32,34,37-38,40,45-48,72H,9,16,22,24-31,33,35-36H2,1-8H3,(H,57,68)(H,58,66)(H,59,71)(H,60,69)(H,61,70)/t40?,45-,46-,47-,48-,56?/m0/s1. The highest BCUT2D eigenvalue weighted by molar-refractivity contribution is 7.86. The fraction of sp³-hybridized carbons (Fsp3) is 0.536. The first-order valence-corrected chi connectivity index (χ1v) is 28.0. The van der Waals surface area contributed by atoms with Gasteiger partial charge in [0.25, 0.3) is 16.0 Å². The summed E-state index contributed by atoms with van der Waals surface area (Å²) in [6.07, 6.45) is 4.45. The van der Waals surface area contributed by atoms with Gasteiger partial charge < -0.3 is 36.4 Å². The molecule has 20 nitrogen and oxygen atoms in total. The topological polar surface area (TPSA) is 269 Å². The fourth-order valence-corrected chi connectivity index (χ4v) is 10.1. The van der Waals surface area contributed by atoms with Crippen LogP contribution in [0.2, 0.25) is 0 Å². The molecule has 5 rings (SSSR count). The van der Waals surface area contributed by atoms with Gasteiger partial charge in [-0.2, -0.15) is 8.42 Å². The highest BCUT2D eigenvalue weighted by atomic mass is 32.2. The van der Waals surface area contributed by atoms with Gasteiger partial charge in [0.15, 0.2) is 5.78 Å². The number of benzene rings is 3. The number of ketones is 1. The van der Waals surface area contributed by atoms with Crippen molar-refractivity contribution in [2.75, 3.05) is 39.5 Å². The summed E-state index contributed by atoms with van der Waals surface area (Å²) in [4.78, 5) is 85.7. The van der Waals surface area contributed by atoms with E-state index in [0.29, 0.717) is 44.0 Å². The molecular weight excluding hydrogens is 1010 g/mol. The Bertz CT molecular complexity index is 2700. The molecule has 5 amide bonds. The zero-order valence-corrected chi connectivity index (χ0v) is 46.6. The van der Waals surface area contributed by atoms with E-state index in [0.717, 1.165) is 31.4 Å². The SMILES string of the molecule is CCCC(C)n1cc(CNC(=O)c2ccc(C)c(S(=O)(=O)OCC(C)(O)C(=O)[C@H](CC(C)C)NC(=O)[C@H](Cc3ccccc3)NC(=O)[C@H](CC(C)C)NC(=O)[C@H](CCc3ccccc3)NC(=O)CN3CCOCC3)c2)nn1. The molecule has 1 aliphatic rings. The van der Waals surface area contributed by atoms with Gasteiger partial charge in [0.1, 0.15) is 36.0 Å². The molecule has 0 spiro atoms. The smallest absolute Gasteiger partial charge is 0.297 e. The lowest BCUT2D eigenvalue weighted by atomic mass is 9.90. The van der Waals surface area contributed by atoms with Crippen LogP contribution >= 0.6 is 0 Å². The number of nitrogens with zero attached hydrogens (tertiary/aromatic N) is 4. The maximum absolute atomic E-state index is 14.5. The second kappa shape index (κ2) is 29.4. The predicted octanol–water partition coefficient (Wildman–Crippen LogP) is 4.14. The predicted molar refractivity (Wildman–Crippen MR) is 290 cm³/mol. The Morgan fingerprint density at radius 3 is 1.99 bits per heavy atom. The van der Waals surface area contributed by atoms with Crippen molar-refractivity contribution in [1.29, 1.82) is 0 Å². The van der Waals surface area contributed by atoms with Crippen molar-refractivity contribution < 1.29 is 51.2 Å². The van der Waals surface area contributed by atoms with E-state index in [-0.39, 0.29) is 78.6 Å². The Hall–Kier alpha value is -6.39. The molecule has 3 aromatic carbocycles. The number of aromatic nitrogens is 3. The van der Waals surface area contributed by atoms with Crippen LogP contribution in [0.3, 0.4) is 0 Å². The van der Waals surface area contributed by atoms with E-state index in [4.69, 9.17) is 8.92 Å². The van der Waals surface area contributed by atoms with Crippen LogP contribution in [-0.4, -0.2) is 138 Å². The maximum atomic E-state index is 14.5. The van der Waals surface area contributed by atoms with Crippen molar-refractivity contribution >= 4 is 45.4 Å². The second-order valence-corrected chi connectivity index (χ2v) is 22.6. The number of hydrogen-bond donors (Lipinski definition) is 6. The number of aryl methyl sites for hydroxylation is 2. The quantitative estimate of drug-likeness (QED) is 0.0401. The first kappa shape index (κ1) is 61.5. The third-order valence-electron chi connectivity index (χ3n) is 13.2. The van der Waals surface area contributed by atoms with Crippen LogP contribution in [0.1, 0.15) is 119 Å². The van der Waals surface area contributed by atoms with Gasteiger partial charge in [-0.15, -0.1) is 5.10 Å². The third kappa shape index (κ3) is 19.5. The van der Waals surface area contributed by atoms with Gasteiger partial charge in [-0.05, 0) is 93.5 Å². The minimum Gasteiger partial charge on any atom is -0.380 e. The Labute approximate surface area is 453 Å². The zero-order valence-electron chi connectivity index (χ0n) is 45.8. The Morgan fingerprint density at radius 2 is 1.35 bits per heavy atom. The summed E-state index contributed by atoms with van der Waals surface area (Å²) in [6, 6.07) is 17.7. The number of ether oxygens (including phenoxy) is 1. The van der Waals surface area contributed by atoms with Crippen LogP contribution in [0, 0.1) is 18.8 Å². The second-order valence-electron chi connectivity index (χ2n) is 21.0. The lowest BCUT2D eigenvalue weighted by Crippen LogP contribution is -2.60. The van der Waals surface area contributed by atoms with Crippen molar-refractivity contribution in [3.05, 3.63) is 113 Å². The molecule has 1 aliphatic heterocycles. The highest BCUT2D eigenvalue weighted by Crippen LogP contribution is 2.23. The van der Waals surface area contributed by atoms with Crippen LogP contribution < -0.4 is 26.6 Å². The molecule has 2 heterocycles. The lowest BCUT2D eigenvalue weighted by Gasteiger charge is -2.30. The molecule has 0 aliphatic carbocycles. The minimum atomic E-state index is -4.69. The Morgan fingerprint density at radius 1 is 0.766 bits per heavy atom. The molecule has 0 bridgehead atoms. The van der Waals surface area contributed by atoms with Crippen LogP contribution in [0.5, 0.6) is 0 Å². The molecule has 77 heavy (non-hydrogen) atoms. The summed E-state index contributed by atoms with van der Waals surface area (Å²) in [5.74, 6) is -4.26. The molecule has 0 radical (unpaired) electrons. The minimum absolute atomic E-state index is 0.00811. The molecule has 1 fully saturated rings. The van der Waals surface area contributed by atoms with E-state index in [2.05, 4.69) is 43.8 Å². The van der Waals surface area contributed by atoms with E-state index in [1.807, 2.05) is 56.0 Å². The summed E-state index contributed by atoms with van der Waals surface area (Å²) in [7, 11) is -4.69. The number of morpholine rings is 1. The average molecular weight is 1090 g/mol. The average Bonchev–Trinajstić information content (AvgIpc) is 3.88. The molecular formula is C56H79N9O11S. The number of aliphatic hydroxyl groups is 1. The fourth-order valence-electron chi connectivity index (χ4n) is 8.85. The summed E-state index contributed by atoms with van der Waals surface area (Å²) < 4.78 is 40.0. The molecule has 6 N–H and O–H groups in total. The van der Waals surface area contributed by atoms with E-state index in [9.17, 15) is 42.3 Å². The number of hydrogen-bond acceptors (Lipinski definition) is 14. The summed E-state index contributed by atoms with van der Waals surface area (Å²) in [6.45, 7) is 15.2. The van der Waals surface area contributed by atoms with E-state index < -0.39 is 75.9 Å². The molecule has 1 aromatic heterocycles. The molecule has 6 atom stereocenters. The lowest BCUT2D eigenvalue weighted by molar-refractivity contribution is -0.143. The summed E-state index contributed by atoms with van der Waals surface area (Å²) in [5, 5.41) is 34.0. The Balaban J connectivity index is 1.30. The van der Waals surface area contributed by atoms with Crippen LogP contribution in [-0.2, 0) is 62.4 Å². The number of carbonyl (C=O) groups excluding carboxylic acids is 6. The van der Waals surface area contributed by atoms with Gasteiger partial charge in [-0.25, -0.2) is 4.68 Å². The van der Waals surface area contributed by atoms with Gasteiger partial charge >= 0.3 is 0 Å². The van der Waals surface area contributed by atoms with E-state index in [1.54, 1.807) is 55.1 Å². The molecule has 4 aromatic rings. The van der Waals surface area contributed by atoms with Crippen molar-refractivity contribution in [3.63, 3.8) is 0 Å². The normalized spacial score (nSPS) is 15.8. The number of carbonyl (C=O) groups is 6. The third-order valence-corrected chi connectivity index (χ3v) is 14.6. The van der Waals surface area contributed by atoms with E-state index >= 15 is 0 Å². The number of Topliss-reactive ketones (excluding diaryl/α,β-unsaturated/α-hetero) is 1. The first-order chi connectivity index (χ1) is 36.5. The van der Waals surface area contributed by atoms with Crippen molar-refractivity contribution in [2.45, 2.75) is 148 Å². The number of amides is 5.